The Labute approximate surface area is 103 Å². The molecule has 1 aromatic heterocycles. The van der Waals surface area contributed by atoms with Crippen LogP contribution in [0.2, 0.25) is 5.02 Å². The molecule has 0 unspecified atom stereocenters. The molecule has 0 bridgehead atoms. The zero-order valence-corrected chi connectivity index (χ0v) is 10.2. The number of nitrogens with zero attached hydrogens (tertiary/aromatic N) is 1. The summed E-state index contributed by atoms with van der Waals surface area (Å²) >= 11 is 6.20. The average molecular weight is 254 g/mol. The van der Waals surface area contributed by atoms with E-state index in [0.717, 1.165) is 0 Å². The zero-order chi connectivity index (χ0) is 12.4. The molecule has 90 valence electrons. The van der Waals surface area contributed by atoms with Crippen LogP contribution in [0.4, 0.5) is 5.82 Å². The van der Waals surface area contributed by atoms with Gasteiger partial charge in [-0.05, 0) is 6.07 Å². The molecule has 0 saturated carbocycles. The summed E-state index contributed by atoms with van der Waals surface area (Å²) in [5, 5.41) is 7.01. The van der Waals surface area contributed by atoms with Gasteiger partial charge in [0.05, 0.1) is 25.4 Å². The largest absolute Gasteiger partial charge is 0.497 e. The van der Waals surface area contributed by atoms with E-state index in [9.17, 15) is 0 Å². The third kappa shape index (κ3) is 2.01. The van der Waals surface area contributed by atoms with Crippen LogP contribution in [0.25, 0.3) is 11.1 Å². The molecule has 1 aromatic carbocycles. The monoisotopic (exact) mass is 253 g/mol. The Morgan fingerprint density at radius 1 is 1.29 bits per heavy atom. The smallest absolute Gasteiger partial charge is 0.132 e. The van der Waals surface area contributed by atoms with Crippen molar-refractivity contribution in [3.05, 3.63) is 23.4 Å². The number of halogens is 1. The van der Waals surface area contributed by atoms with E-state index in [2.05, 4.69) is 10.2 Å². The molecule has 0 fully saturated rings. The van der Waals surface area contributed by atoms with E-state index >= 15 is 0 Å². The first-order valence-electron chi connectivity index (χ1n) is 4.88. The van der Waals surface area contributed by atoms with Gasteiger partial charge in [-0.3, -0.25) is 5.10 Å². The van der Waals surface area contributed by atoms with Crippen LogP contribution >= 0.6 is 11.6 Å². The van der Waals surface area contributed by atoms with Gasteiger partial charge in [0.15, 0.2) is 0 Å². The normalized spacial score (nSPS) is 10.3. The van der Waals surface area contributed by atoms with Gasteiger partial charge in [0.25, 0.3) is 0 Å². The Hall–Kier alpha value is -1.88. The topological polar surface area (TPSA) is 73.2 Å². The predicted molar refractivity (Wildman–Crippen MR) is 66.6 cm³/mol. The zero-order valence-electron chi connectivity index (χ0n) is 9.45. The van der Waals surface area contributed by atoms with Crippen LogP contribution < -0.4 is 15.2 Å². The van der Waals surface area contributed by atoms with Crippen molar-refractivity contribution < 1.29 is 9.47 Å². The van der Waals surface area contributed by atoms with Gasteiger partial charge in [0.1, 0.15) is 17.3 Å². The summed E-state index contributed by atoms with van der Waals surface area (Å²) in [6.07, 6.45) is 1.60. The molecule has 0 amide bonds. The lowest BCUT2D eigenvalue weighted by atomic mass is 10.1. The number of hydrogen-bond acceptors (Lipinski definition) is 4. The molecule has 17 heavy (non-hydrogen) atoms. The number of nitrogen functional groups attached to an aromatic ring is 1. The highest BCUT2D eigenvalue weighted by Crippen LogP contribution is 2.41. The molecule has 0 saturated heterocycles. The van der Waals surface area contributed by atoms with E-state index < -0.39 is 0 Å². The summed E-state index contributed by atoms with van der Waals surface area (Å²) in [7, 11) is 3.13. The highest BCUT2D eigenvalue weighted by atomic mass is 35.5. The molecule has 2 rings (SSSR count). The molecule has 6 heteroatoms. The van der Waals surface area contributed by atoms with Crippen molar-refractivity contribution in [1.82, 2.24) is 10.2 Å². The van der Waals surface area contributed by atoms with Crippen molar-refractivity contribution in [2.24, 2.45) is 0 Å². The van der Waals surface area contributed by atoms with E-state index in [1.165, 1.54) is 0 Å². The van der Waals surface area contributed by atoms with E-state index in [-0.39, 0.29) is 0 Å². The molecule has 3 N–H and O–H groups in total. The Morgan fingerprint density at radius 3 is 2.59 bits per heavy atom. The first-order valence-corrected chi connectivity index (χ1v) is 5.26. The number of rotatable bonds is 3. The molecule has 0 aliphatic carbocycles. The van der Waals surface area contributed by atoms with Gasteiger partial charge in [0, 0.05) is 17.2 Å². The van der Waals surface area contributed by atoms with Crippen molar-refractivity contribution >= 4 is 17.4 Å². The first-order chi connectivity index (χ1) is 8.17. The minimum absolute atomic E-state index is 0.440. The van der Waals surface area contributed by atoms with Gasteiger partial charge < -0.3 is 15.2 Å². The SMILES string of the molecule is COc1cc(Cl)c(-c2cn[nH]c2N)c(OC)c1. The van der Waals surface area contributed by atoms with Crippen LogP contribution in [0, 0.1) is 0 Å². The summed E-state index contributed by atoms with van der Waals surface area (Å²) < 4.78 is 10.4. The lowest BCUT2D eigenvalue weighted by Crippen LogP contribution is -1.94. The highest BCUT2D eigenvalue weighted by Gasteiger charge is 2.16. The number of aromatic amines is 1. The summed E-state index contributed by atoms with van der Waals surface area (Å²) in [5.74, 6) is 1.65. The number of ether oxygens (including phenoxy) is 2. The number of aromatic nitrogens is 2. The van der Waals surface area contributed by atoms with Gasteiger partial charge in [-0.25, -0.2) is 0 Å². The molecule has 0 radical (unpaired) electrons. The lowest BCUT2D eigenvalue weighted by molar-refractivity contribution is 0.395. The molecule has 1 heterocycles. The fourth-order valence-electron chi connectivity index (χ4n) is 1.59. The van der Waals surface area contributed by atoms with Crippen LogP contribution in [0.5, 0.6) is 11.5 Å². The van der Waals surface area contributed by atoms with Gasteiger partial charge >= 0.3 is 0 Å². The van der Waals surface area contributed by atoms with Crippen molar-refractivity contribution in [1.29, 1.82) is 0 Å². The summed E-state index contributed by atoms with van der Waals surface area (Å²) in [6.45, 7) is 0. The third-order valence-electron chi connectivity index (χ3n) is 2.42. The maximum Gasteiger partial charge on any atom is 0.132 e. The number of nitrogens with two attached hydrogens (primary N) is 1. The molecule has 5 nitrogen and oxygen atoms in total. The van der Waals surface area contributed by atoms with Gasteiger partial charge in [-0.1, -0.05) is 11.6 Å². The van der Waals surface area contributed by atoms with Crippen LogP contribution in [0.15, 0.2) is 18.3 Å². The van der Waals surface area contributed by atoms with Crippen LogP contribution in [0.1, 0.15) is 0 Å². The van der Waals surface area contributed by atoms with E-state index in [1.807, 2.05) is 0 Å². The number of hydrogen-bond donors (Lipinski definition) is 2. The second kappa shape index (κ2) is 4.55. The maximum absolute atomic E-state index is 6.20. The van der Waals surface area contributed by atoms with Crippen LogP contribution in [0.3, 0.4) is 0 Å². The van der Waals surface area contributed by atoms with Crippen molar-refractivity contribution in [3.8, 4) is 22.6 Å². The molecular formula is C11H12ClN3O2. The number of nitrogens with one attached hydrogen (secondary N) is 1. The fraction of sp³-hybridized carbons (Fsp3) is 0.182. The predicted octanol–water partition coefficient (Wildman–Crippen LogP) is 2.33. The van der Waals surface area contributed by atoms with E-state index in [0.29, 0.717) is 33.5 Å². The number of benzene rings is 1. The highest BCUT2D eigenvalue weighted by molar-refractivity contribution is 6.34. The van der Waals surface area contributed by atoms with Gasteiger partial charge in [-0.15, -0.1) is 0 Å². The molecule has 0 spiro atoms. The minimum atomic E-state index is 0.440. The molecule has 0 atom stereocenters. The summed E-state index contributed by atoms with van der Waals surface area (Å²) in [5.41, 5.74) is 7.17. The minimum Gasteiger partial charge on any atom is -0.497 e. The summed E-state index contributed by atoms with van der Waals surface area (Å²) in [4.78, 5) is 0. The van der Waals surface area contributed by atoms with Crippen molar-refractivity contribution in [3.63, 3.8) is 0 Å². The number of anilines is 1. The second-order valence-electron chi connectivity index (χ2n) is 3.38. The second-order valence-corrected chi connectivity index (χ2v) is 3.79. The fourth-order valence-corrected chi connectivity index (χ4v) is 1.90. The standard InChI is InChI=1S/C11H12ClN3O2/c1-16-6-3-8(12)10(9(4-6)17-2)7-5-14-15-11(7)13/h3-5H,1-2H3,(H3,13,14,15). The van der Waals surface area contributed by atoms with Crippen molar-refractivity contribution in [2.75, 3.05) is 20.0 Å². The van der Waals surface area contributed by atoms with Gasteiger partial charge in [0.2, 0.25) is 0 Å². The molecule has 2 aromatic rings. The maximum atomic E-state index is 6.20. The molecule has 0 aliphatic rings. The average Bonchev–Trinajstić information content (AvgIpc) is 2.74. The molecule has 0 aliphatic heterocycles. The van der Waals surface area contributed by atoms with Crippen molar-refractivity contribution in [2.45, 2.75) is 0 Å². The van der Waals surface area contributed by atoms with Crippen LogP contribution in [-0.2, 0) is 0 Å². The summed E-state index contributed by atoms with van der Waals surface area (Å²) in [6, 6.07) is 3.44. The van der Waals surface area contributed by atoms with Gasteiger partial charge in [-0.2, -0.15) is 5.10 Å². The van der Waals surface area contributed by atoms with E-state index in [1.54, 1.807) is 32.5 Å². The van der Waals surface area contributed by atoms with E-state index in [4.69, 9.17) is 26.8 Å². The molecular weight excluding hydrogens is 242 g/mol. The Kier molecular flexibility index (Phi) is 3.10. The quantitative estimate of drug-likeness (QED) is 0.881. The Bertz CT molecular complexity index is 540. The Morgan fingerprint density at radius 2 is 2.06 bits per heavy atom. The number of methoxy groups -OCH3 is 2. The Balaban J connectivity index is 2.65. The third-order valence-corrected chi connectivity index (χ3v) is 2.72. The number of H-pyrrole nitrogens is 1. The lowest BCUT2D eigenvalue weighted by Gasteiger charge is -2.11. The first kappa shape index (κ1) is 11.6. The van der Waals surface area contributed by atoms with Crippen LogP contribution in [-0.4, -0.2) is 24.4 Å².